The van der Waals surface area contributed by atoms with Crippen molar-refractivity contribution in [3.05, 3.63) is 116 Å². The summed E-state index contributed by atoms with van der Waals surface area (Å²) in [5.41, 5.74) is 0.941. The van der Waals surface area contributed by atoms with Crippen LogP contribution in [0.15, 0.2) is 82.4 Å². The molecule has 5 aromatic rings. The Morgan fingerprint density at radius 2 is 1.59 bits per heavy atom. The number of rotatable bonds is 4. The molecule has 0 atom stereocenters. The van der Waals surface area contributed by atoms with E-state index >= 15 is 0 Å². The van der Waals surface area contributed by atoms with E-state index in [-0.39, 0.29) is 30.0 Å². The maximum atomic E-state index is 13.3. The summed E-state index contributed by atoms with van der Waals surface area (Å²) < 4.78 is 43.2. The van der Waals surface area contributed by atoms with Gasteiger partial charge in [0.1, 0.15) is 0 Å². The van der Waals surface area contributed by atoms with E-state index < -0.39 is 17.4 Å². The van der Waals surface area contributed by atoms with Crippen molar-refractivity contribution >= 4 is 16.7 Å². The highest BCUT2D eigenvalue weighted by Crippen LogP contribution is 2.29. The van der Waals surface area contributed by atoms with Crippen LogP contribution in [0.5, 0.6) is 0 Å². The predicted molar refractivity (Wildman–Crippen MR) is 122 cm³/mol. The minimum Gasteiger partial charge on any atom is -0.272 e. The number of para-hydroxylation sites is 1. The highest BCUT2D eigenvalue weighted by atomic mass is 19.4. The molecule has 2 aromatic heterocycles. The largest absolute Gasteiger partial charge is 0.416 e. The lowest BCUT2D eigenvalue weighted by molar-refractivity contribution is -0.137. The van der Waals surface area contributed by atoms with E-state index in [9.17, 15) is 22.8 Å². The van der Waals surface area contributed by atoms with Gasteiger partial charge < -0.3 is 0 Å². The SMILES string of the molecule is Cc1ccc(Cn2c(=O)c3ccccc3n3c(=O)n(Cc4cccc(C(F)(F)F)c4)nc23)cc1. The van der Waals surface area contributed by atoms with Gasteiger partial charge in [-0.25, -0.2) is 13.9 Å². The first-order valence-corrected chi connectivity index (χ1v) is 10.6. The van der Waals surface area contributed by atoms with Crippen LogP contribution < -0.4 is 11.2 Å². The lowest BCUT2D eigenvalue weighted by atomic mass is 10.1. The molecule has 34 heavy (non-hydrogen) atoms. The summed E-state index contributed by atoms with van der Waals surface area (Å²) in [5.74, 6) is 0.126. The van der Waals surface area contributed by atoms with E-state index in [1.807, 2.05) is 31.2 Å². The zero-order valence-corrected chi connectivity index (χ0v) is 18.1. The summed E-state index contributed by atoms with van der Waals surface area (Å²) in [6, 6.07) is 19.1. The molecule has 0 aliphatic carbocycles. The Hall–Kier alpha value is -4.14. The molecule has 0 N–H and O–H groups in total. The normalized spacial score (nSPS) is 12.0. The molecule has 6 nitrogen and oxygen atoms in total. The number of aryl methyl sites for hydroxylation is 1. The molecule has 3 aromatic carbocycles. The van der Waals surface area contributed by atoms with Crippen LogP contribution >= 0.6 is 0 Å². The van der Waals surface area contributed by atoms with Gasteiger partial charge in [-0.05, 0) is 42.3 Å². The second-order valence-electron chi connectivity index (χ2n) is 8.17. The van der Waals surface area contributed by atoms with Gasteiger partial charge in [0.2, 0.25) is 5.78 Å². The number of hydrogen-bond acceptors (Lipinski definition) is 3. The number of halogens is 3. The molecule has 172 valence electrons. The fourth-order valence-corrected chi connectivity index (χ4v) is 4.01. The van der Waals surface area contributed by atoms with Gasteiger partial charge in [-0.2, -0.15) is 13.2 Å². The Labute approximate surface area is 191 Å². The molecule has 0 fully saturated rings. The topological polar surface area (TPSA) is 61.3 Å². The Morgan fingerprint density at radius 3 is 2.32 bits per heavy atom. The van der Waals surface area contributed by atoms with Crippen LogP contribution in [0.1, 0.15) is 22.3 Å². The minimum atomic E-state index is -4.50. The lowest BCUT2D eigenvalue weighted by Gasteiger charge is -2.10. The number of benzene rings is 3. The Kier molecular flexibility index (Phi) is 5.11. The van der Waals surface area contributed by atoms with Crippen LogP contribution in [0, 0.1) is 6.92 Å². The summed E-state index contributed by atoms with van der Waals surface area (Å²) in [6.45, 7) is 1.98. The third-order valence-corrected chi connectivity index (χ3v) is 5.73. The van der Waals surface area contributed by atoms with Crippen molar-refractivity contribution in [1.82, 2.24) is 18.7 Å². The maximum absolute atomic E-state index is 13.3. The summed E-state index contributed by atoms with van der Waals surface area (Å²) in [7, 11) is 0. The number of hydrogen-bond donors (Lipinski definition) is 0. The summed E-state index contributed by atoms with van der Waals surface area (Å²) >= 11 is 0. The van der Waals surface area contributed by atoms with Gasteiger partial charge >= 0.3 is 11.9 Å². The fraction of sp³-hybridized carbons (Fsp3) is 0.160. The second-order valence-corrected chi connectivity index (χ2v) is 8.17. The number of alkyl halides is 3. The highest BCUT2D eigenvalue weighted by Gasteiger charge is 2.30. The van der Waals surface area contributed by atoms with Crippen LogP contribution in [0.3, 0.4) is 0 Å². The van der Waals surface area contributed by atoms with Crippen LogP contribution in [0.4, 0.5) is 13.2 Å². The third-order valence-electron chi connectivity index (χ3n) is 5.73. The van der Waals surface area contributed by atoms with Crippen molar-refractivity contribution in [3.8, 4) is 0 Å². The average Bonchev–Trinajstić information content (AvgIpc) is 3.13. The zero-order chi connectivity index (χ0) is 24.0. The van der Waals surface area contributed by atoms with Crippen LogP contribution in [-0.2, 0) is 19.3 Å². The average molecular weight is 464 g/mol. The lowest BCUT2D eigenvalue weighted by Crippen LogP contribution is -2.27. The molecular weight excluding hydrogens is 445 g/mol. The van der Waals surface area contributed by atoms with Crippen LogP contribution in [-0.4, -0.2) is 18.7 Å². The fourth-order valence-electron chi connectivity index (χ4n) is 4.01. The van der Waals surface area contributed by atoms with Crippen molar-refractivity contribution in [2.75, 3.05) is 0 Å². The Bertz CT molecular complexity index is 1640. The first kappa shape index (κ1) is 21.7. The van der Waals surface area contributed by atoms with Gasteiger partial charge in [-0.1, -0.05) is 54.1 Å². The summed E-state index contributed by atoms with van der Waals surface area (Å²) in [5, 5.41) is 4.72. The molecule has 2 heterocycles. The van der Waals surface area contributed by atoms with Crippen molar-refractivity contribution in [3.63, 3.8) is 0 Å². The molecule has 0 aliphatic heterocycles. The van der Waals surface area contributed by atoms with Crippen molar-refractivity contribution < 1.29 is 13.2 Å². The van der Waals surface area contributed by atoms with Crippen molar-refractivity contribution in [2.45, 2.75) is 26.2 Å². The Morgan fingerprint density at radius 1 is 0.853 bits per heavy atom. The Balaban J connectivity index is 1.70. The van der Waals surface area contributed by atoms with Crippen molar-refractivity contribution in [2.24, 2.45) is 0 Å². The molecule has 0 spiro atoms. The van der Waals surface area contributed by atoms with Crippen LogP contribution in [0.2, 0.25) is 0 Å². The maximum Gasteiger partial charge on any atom is 0.416 e. The van der Waals surface area contributed by atoms with Crippen molar-refractivity contribution in [1.29, 1.82) is 0 Å². The molecule has 9 heteroatoms. The molecule has 0 saturated heterocycles. The molecule has 0 aliphatic rings. The first-order chi connectivity index (χ1) is 16.2. The molecule has 0 radical (unpaired) electrons. The van der Waals surface area contributed by atoms with Gasteiger partial charge in [0.15, 0.2) is 0 Å². The summed E-state index contributed by atoms with van der Waals surface area (Å²) in [4.78, 5) is 26.6. The molecule has 0 bridgehead atoms. The van der Waals surface area contributed by atoms with Gasteiger partial charge in [0.05, 0.1) is 29.6 Å². The zero-order valence-electron chi connectivity index (χ0n) is 18.1. The van der Waals surface area contributed by atoms with Crippen LogP contribution in [0.25, 0.3) is 16.7 Å². The van der Waals surface area contributed by atoms with Gasteiger partial charge in [0.25, 0.3) is 5.56 Å². The smallest absolute Gasteiger partial charge is 0.272 e. The predicted octanol–water partition coefficient (Wildman–Crippen LogP) is 4.23. The minimum absolute atomic E-state index is 0.126. The number of nitrogens with zero attached hydrogens (tertiary/aromatic N) is 4. The molecule has 0 amide bonds. The standard InChI is InChI=1S/C25H19F3N4O2/c1-16-9-11-17(12-10-16)14-30-22(33)20-7-2-3-8-21(20)32-23(30)29-31(24(32)34)15-18-5-4-6-19(13-18)25(26,27)28/h2-13H,14-15H2,1H3. The monoisotopic (exact) mass is 464 g/mol. The van der Waals surface area contributed by atoms with E-state index in [0.717, 1.165) is 27.9 Å². The van der Waals surface area contributed by atoms with Gasteiger partial charge in [-0.15, -0.1) is 5.10 Å². The second kappa shape index (κ2) is 8.02. The number of aromatic nitrogens is 4. The third kappa shape index (κ3) is 3.79. The highest BCUT2D eigenvalue weighted by molar-refractivity contribution is 5.80. The van der Waals surface area contributed by atoms with E-state index in [2.05, 4.69) is 5.10 Å². The van der Waals surface area contributed by atoms with E-state index in [0.29, 0.717) is 10.9 Å². The van der Waals surface area contributed by atoms with Gasteiger partial charge in [0, 0.05) is 0 Å². The van der Waals surface area contributed by atoms with Gasteiger partial charge in [-0.3, -0.25) is 9.36 Å². The van der Waals surface area contributed by atoms with E-state index in [1.165, 1.54) is 21.1 Å². The molecule has 5 rings (SSSR count). The number of fused-ring (bicyclic) bond motifs is 3. The molecule has 0 unspecified atom stereocenters. The quantitative estimate of drug-likeness (QED) is 0.400. The van der Waals surface area contributed by atoms with E-state index in [1.54, 1.807) is 24.3 Å². The first-order valence-electron chi connectivity index (χ1n) is 10.6. The molecular formula is C25H19F3N4O2. The van der Waals surface area contributed by atoms with E-state index in [4.69, 9.17) is 0 Å². The summed E-state index contributed by atoms with van der Waals surface area (Å²) in [6.07, 6.45) is -4.50. The molecule has 0 saturated carbocycles.